The third-order valence-corrected chi connectivity index (χ3v) is 4.77. The van der Waals surface area contributed by atoms with Crippen molar-refractivity contribution >= 4 is 11.9 Å². The number of nitrogens with one attached hydrogen (secondary N) is 1. The fourth-order valence-electron chi connectivity index (χ4n) is 3.24. The van der Waals surface area contributed by atoms with Gasteiger partial charge in [-0.25, -0.2) is 4.99 Å². The van der Waals surface area contributed by atoms with Crippen LogP contribution in [-0.2, 0) is 24.4 Å². The van der Waals surface area contributed by atoms with Crippen LogP contribution in [0.3, 0.4) is 0 Å². The molecule has 27 heavy (non-hydrogen) atoms. The zero-order chi connectivity index (χ0) is 19.1. The molecule has 1 saturated heterocycles. The van der Waals surface area contributed by atoms with E-state index in [1.165, 1.54) is 16.7 Å². The van der Waals surface area contributed by atoms with Crippen LogP contribution in [0.4, 0.5) is 0 Å². The molecular formula is C22H28N4O. The van der Waals surface area contributed by atoms with Crippen molar-refractivity contribution in [1.82, 2.24) is 15.1 Å². The van der Waals surface area contributed by atoms with E-state index in [0.717, 1.165) is 18.9 Å². The summed E-state index contributed by atoms with van der Waals surface area (Å²) in [6, 6.07) is 18.6. The molecule has 142 valence electrons. The minimum absolute atomic E-state index is 0.260. The Labute approximate surface area is 161 Å². The molecule has 1 aliphatic rings. The van der Waals surface area contributed by atoms with Crippen LogP contribution >= 0.6 is 0 Å². The lowest BCUT2D eigenvalue weighted by molar-refractivity contribution is -0.128. The van der Waals surface area contributed by atoms with Crippen LogP contribution in [0.5, 0.6) is 0 Å². The average molecular weight is 364 g/mol. The zero-order valence-corrected chi connectivity index (χ0v) is 16.2. The first kappa shape index (κ1) is 19.0. The van der Waals surface area contributed by atoms with Crippen LogP contribution in [0.25, 0.3) is 0 Å². The van der Waals surface area contributed by atoms with Crippen LogP contribution < -0.4 is 5.32 Å². The molecule has 1 fully saturated rings. The number of amides is 1. The van der Waals surface area contributed by atoms with Gasteiger partial charge in [0.15, 0.2) is 5.96 Å². The zero-order valence-electron chi connectivity index (χ0n) is 16.2. The number of aliphatic imine (C=N–C) groups is 1. The summed E-state index contributed by atoms with van der Waals surface area (Å²) in [5.41, 5.74) is 3.58. The molecule has 0 unspecified atom stereocenters. The molecule has 0 bridgehead atoms. The van der Waals surface area contributed by atoms with E-state index in [9.17, 15) is 4.79 Å². The van der Waals surface area contributed by atoms with Crippen molar-refractivity contribution in [2.45, 2.75) is 32.5 Å². The summed E-state index contributed by atoms with van der Waals surface area (Å²) < 4.78 is 0. The number of carbonyl (C=O) groups is 1. The normalized spacial score (nSPS) is 14.5. The highest BCUT2D eigenvalue weighted by molar-refractivity contribution is 5.79. The lowest BCUT2D eigenvalue weighted by Crippen LogP contribution is -2.36. The quantitative estimate of drug-likeness (QED) is 0.633. The first-order valence-corrected chi connectivity index (χ1v) is 9.47. The molecule has 0 radical (unpaired) electrons. The monoisotopic (exact) mass is 364 g/mol. The Hall–Kier alpha value is -2.82. The number of guanidine groups is 1. The van der Waals surface area contributed by atoms with E-state index in [2.05, 4.69) is 29.6 Å². The number of nitrogens with zero attached hydrogens (tertiary/aromatic N) is 3. The summed E-state index contributed by atoms with van der Waals surface area (Å²) >= 11 is 0. The number of hydrogen-bond donors (Lipinski definition) is 1. The average Bonchev–Trinajstić information content (AvgIpc) is 3.08. The Morgan fingerprint density at radius 1 is 1.07 bits per heavy atom. The van der Waals surface area contributed by atoms with Crippen molar-refractivity contribution in [3.05, 3.63) is 71.3 Å². The van der Waals surface area contributed by atoms with Crippen molar-refractivity contribution in [2.24, 2.45) is 4.99 Å². The molecule has 2 aromatic rings. The summed E-state index contributed by atoms with van der Waals surface area (Å²) in [4.78, 5) is 20.6. The molecule has 1 heterocycles. The second-order valence-electron chi connectivity index (χ2n) is 7.06. The van der Waals surface area contributed by atoms with Gasteiger partial charge < -0.3 is 15.1 Å². The number of hydrogen-bond acceptors (Lipinski definition) is 2. The largest absolute Gasteiger partial charge is 0.352 e. The molecule has 2 aromatic carbocycles. The van der Waals surface area contributed by atoms with E-state index in [1.54, 1.807) is 0 Å². The maximum atomic E-state index is 11.9. The second-order valence-corrected chi connectivity index (χ2v) is 7.06. The molecule has 5 heteroatoms. The molecule has 0 atom stereocenters. The molecule has 0 saturated carbocycles. The minimum Gasteiger partial charge on any atom is -0.352 e. The highest BCUT2D eigenvalue weighted by Gasteiger charge is 2.20. The van der Waals surface area contributed by atoms with Crippen LogP contribution in [0.1, 0.15) is 29.5 Å². The van der Waals surface area contributed by atoms with Gasteiger partial charge in [-0.15, -0.1) is 0 Å². The van der Waals surface area contributed by atoms with Crippen LogP contribution in [0.15, 0.2) is 59.6 Å². The molecule has 0 spiro atoms. The maximum absolute atomic E-state index is 11.9. The Bertz CT molecular complexity index is 786. The Kier molecular flexibility index (Phi) is 6.47. The highest BCUT2D eigenvalue weighted by Crippen LogP contribution is 2.17. The van der Waals surface area contributed by atoms with Gasteiger partial charge in [-0.3, -0.25) is 4.79 Å². The van der Waals surface area contributed by atoms with Crippen molar-refractivity contribution in [2.75, 3.05) is 20.6 Å². The van der Waals surface area contributed by atoms with Crippen LogP contribution in [0, 0.1) is 0 Å². The van der Waals surface area contributed by atoms with Gasteiger partial charge in [0.1, 0.15) is 0 Å². The lowest BCUT2D eigenvalue weighted by atomic mass is 10.1. The molecule has 3 rings (SSSR count). The van der Waals surface area contributed by atoms with Gasteiger partial charge in [-0.1, -0.05) is 54.6 Å². The summed E-state index contributed by atoms with van der Waals surface area (Å²) in [7, 11) is 3.98. The summed E-state index contributed by atoms with van der Waals surface area (Å²) in [5.74, 6) is 1.11. The summed E-state index contributed by atoms with van der Waals surface area (Å²) in [6.07, 6.45) is 1.65. The molecule has 0 aromatic heterocycles. The smallest absolute Gasteiger partial charge is 0.222 e. The summed E-state index contributed by atoms with van der Waals surface area (Å²) in [6.45, 7) is 2.88. The SMILES string of the molecule is CN(C)C(=NCc1ccccc1)NCc1ccccc1CN1CCCC1=O. The predicted octanol–water partition coefficient (Wildman–Crippen LogP) is 3.02. The Balaban J connectivity index is 1.66. The third kappa shape index (κ3) is 5.33. The van der Waals surface area contributed by atoms with E-state index in [-0.39, 0.29) is 5.91 Å². The van der Waals surface area contributed by atoms with Crippen LogP contribution in [-0.4, -0.2) is 42.3 Å². The van der Waals surface area contributed by atoms with Crippen LogP contribution in [0.2, 0.25) is 0 Å². The van der Waals surface area contributed by atoms with E-state index >= 15 is 0 Å². The Morgan fingerprint density at radius 2 is 1.78 bits per heavy atom. The van der Waals surface area contributed by atoms with Crippen molar-refractivity contribution < 1.29 is 4.79 Å². The molecule has 1 N–H and O–H groups in total. The second kappa shape index (κ2) is 9.21. The van der Waals surface area contributed by atoms with E-state index in [4.69, 9.17) is 4.99 Å². The molecule has 1 amide bonds. The molecule has 5 nitrogen and oxygen atoms in total. The first-order valence-electron chi connectivity index (χ1n) is 9.47. The number of rotatable bonds is 6. The summed E-state index contributed by atoms with van der Waals surface area (Å²) in [5, 5.41) is 3.45. The van der Waals surface area contributed by atoms with Crippen molar-refractivity contribution in [1.29, 1.82) is 0 Å². The van der Waals surface area contributed by atoms with Gasteiger partial charge in [0.25, 0.3) is 0 Å². The van der Waals surface area contributed by atoms with Gasteiger partial charge in [-0.2, -0.15) is 0 Å². The van der Waals surface area contributed by atoms with E-state index < -0.39 is 0 Å². The van der Waals surface area contributed by atoms with Gasteiger partial charge in [0.05, 0.1) is 6.54 Å². The molecule has 1 aliphatic heterocycles. The Morgan fingerprint density at radius 3 is 2.44 bits per heavy atom. The molecular weight excluding hydrogens is 336 g/mol. The highest BCUT2D eigenvalue weighted by atomic mass is 16.2. The van der Waals surface area contributed by atoms with Gasteiger partial charge in [0, 0.05) is 40.2 Å². The minimum atomic E-state index is 0.260. The van der Waals surface area contributed by atoms with Gasteiger partial charge in [-0.05, 0) is 23.1 Å². The molecule has 0 aliphatic carbocycles. The number of carbonyl (C=O) groups excluding carboxylic acids is 1. The first-order chi connectivity index (χ1) is 13.1. The fourth-order valence-corrected chi connectivity index (χ4v) is 3.24. The fraction of sp³-hybridized carbons (Fsp3) is 0.364. The maximum Gasteiger partial charge on any atom is 0.222 e. The van der Waals surface area contributed by atoms with Gasteiger partial charge >= 0.3 is 0 Å². The standard InChI is InChI=1S/C22H28N4O/c1-25(2)22(23-15-18-9-4-3-5-10-18)24-16-19-11-6-7-12-20(19)17-26-14-8-13-21(26)27/h3-7,9-12H,8,13-17H2,1-2H3,(H,23,24). The predicted molar refractivity (Wildman–Crippen MR) is 109 cm³/mol. The number of likely N-dealkylation sites (tertiary alicyclic amines) is 1. The van der Waals surface area contributed by atoms with E-state index in [0.29, 0.717) is 26.1 Å². The van der Waals surface area contributed by atoms with Crippen molar-refractivity contribution in [3.63, 3.8) is 0 Å². The lowest BCUT2D eigenvalue weighted by Gasteiger charge is -2.21. The third-order valence-electron chi connectivity index (χ3n) is 4.77. The van der Waals surface area contributed by atoms with Gasteiger partial charge in [0.2, 0.25) is 5.91 Å². The number of benzene rings is 2. The topological polar surface area (TPSA) is 47.9 Å². The van der Waals surface area contributed by atoms with Crippen molar-refractivity contribution in [3.8, 4) is 0 Å². The van der Waals surface area contributed by atoms with E-state index in [1.807, 2.05) is 54.2 Å².